The Bertz CT molecular complexity index is 711. The van der Waals surface area contributed by atoms with Gasteiger partial charge in [0, 0.05) is 7.05 Å². The highest BCUT2D eigenvalue weighted by Gasteiger charge is 2.30. The molecular formula is C17H21NO3S. The van der Waals surface area contributed by atoms with Crippen LogP contribution >= 0.6 is 0 Å². The molecule has 0 spiro atoms. The average Bonchev–Trinajstić information content (AvgIpc) is 2.54. The molecule has 118 valence electrons. The van der Waals surface area contributed by atoms with E-state index in [-0.39, 0.29) is 4.90 Å². The van der Waals surface area contributed by atoms with Crippen molar-refractivity contribution < 1.29 is 13.5 Å². The van der Waals surface area contributed by atoms with Crippen LogP contribution in [-0.4, -0.2) is 30.9 Å². The number of aliphatic hydroxyl groups is 1. The maximum Gasteiger partial charge on any atom is 0.243 e. The second-order valence-corrected chi connectivity index (χ2v) is 7.43. The van der Waals surface area contributed by atoms with E-state index in [1.54, 1.807) is 43.3 Å². The smallest absolute Gasteiger partial charge is 0.243 e. The van der Waals surface area contributed by atoms with Gasteiger partial charge in [0.2, 0.25) is 10.0 Å². The van der Waals surface area contributed by atoms with Crippen LogP contribution in [0.3, 0.4) is 0 Å². The van der Waals surface area contributed by atoms with Gasteiger partial charge in [-0.05, 0) is 31.5 Å². The maximum atomic E-state index is 12.6. The summed E-state index contributed by atoms with van der Waals surface area (Å²) in [4.78, 5) is 0.229. The standard InChI is InChI=1S/C17H21NO3S/c1-13-9-11-16(12-10-13)22(20,21)18(3)14(2)17(19)15-7-5-4-6-8-15/h4-12,14,17,19H,1-3H3/t14-,17-/m1/s1. The largest absolute Gasteiger partial charge is 0.387 e. The zero-order valence-electron chi connectivity index (χ0n) is 13.0. The van der Waals surface area contributed by atoms with Gasteiger partial charge in [-0.25, -0.2) is 8.42 Å². The monoisotopic (exact) mass is 319 g/mol. The predicted molar refractivity (Wildman–Crippen MR) is 87.0 cm³/mol. The molecule has 0 saturated carbocycles. The summed E-state index contributed by atoms with van der Waals surface area (Å²) in [5, 5.41) is 10.4. The lowest BCUT2D eigenvalue weighted by Gasteiger charge is -2.28. The van der Waals surface area contributed by atoms with E-state index >= 15 is 0 Å². The lowest BCUT2D eigenvalue weighted by molar-refractivity contribution is 0.108. The lowest BCUT2D eigenvalue weighted by atomic mass is 10.0. The molecule has 0 aliphatic carbocycles. The number of aliphatic hydroxyl groups excluding tert-OH is 1. The van der Waals surface area contributed by atoms with E-state index in [4.69, 9.17) is 0 Å². The van der Waals surface area contributed by atoms with Gasteiger partial charge in [-0.15, -0.1) is 0 Å². The Morgan fingerprint density at radius 3 is 2.09 bits per heavy atom. The van der Waals surface area contributed by atoms with Crippen LogP contribution in [-0.2, 0) is 10.0 Å². The first-order valence-electron chi connectivity index (χ1n) is 7.12. The zero-order valence-corrected chi connectivity index (χ0v) is 13.8. The van der Waals surface area contributed by atoms with Crippen molar-refractivity contribution in [1.29, 1.82) is 0 Å². The van der Waals surface area contributed by atoms with Gasteiger partial charge in [0.1, 0.15) is 0 Å². The lowest BCUT2D eigenvalue weighted by Crippen LogP contribution is -2.39. The summed E-state index contributed by atoms with van der Waals surface area (Å²) in [5.74, 6) is 0. The van der Waals surface area contributed by atoms with E-state index in [1.807, 2.05) is 25.1 Å². The van der Waals surface area contributed by atoms with Crippen LogP contribution in [0.5, 0.6) is 0 Å². The molecule has 0 saturated heterocycles. The third-order valence-corrected chi connectivity index (χ3v) is 5.83. The van der Waals surface area contributed by atoms with Crippen LogP contribution < -0.4 is 0 Å². The molecule has 2 aromatic carbocycles. The summed E-state index contributed by atoms with van der Waals surface area (Å²) in [7, 11) is -2.14. The summed E-state index contributed by atoms with van der Waals surface area (Å²) in [6.45, 7) is 3.60. The number of hydrogen-bond donors (Lipinski definition) is 1. The minimum atomic E-state index is -3.63. The molecule has 2 rings (SSSR count). The molecule has 0 fully saturated rings. The highest BCUT2D eigenvalue weighted by Crippen LogP contribution is 2.25. The van der Waals surface area contributed by atoms with E-state index in [0.717, 1.165) is 5.56 Å². The van der Waals surface area contributed by atoms with Gasteiger partial charge in [0.05, 0.1) is 17.0 Å². The first-order chi connectivity index (χ1) is 10.3. The molecule has 0 aliphatic rings. The van der Waals surface area contributed by atoms with Crippen molar-refractivity contribution in [3.63, 3.8) is 0 Å². The maximum absolute atomic E-state index is 12.6. The van der Waals surface area contributed by atoms with Crippen molar-refractivity contribution >= 4 is 10.0 Å². The molecule has 0 aromatic heterocycles. The SMILES string of the molecule is Cc1ccc(S(=O)(=O)N(C)[C@H](C)[C@@H](O)c2ccccc2)cc1. The fourth-order valence-electron chi connectivity index (χ4n) is 2.22. The quantitative estimate of drug-likeness (QED) is 0.922. The Labute approximate surface area is 132 Å². The van der Waals surface area contributed by atoms with Crippen LogP contribution in [0, 0.1) is 6.92 Å². The number of hydrogen-bond acceptors (Lipinski definition) is 3. The second kappa shape index (κ2) is 6.60. The minimum absolute atomic E-state index is 0.229. The molecule has 1 N–H and O–H groups in total. The average molecular weight is 319 g/mol. The molecule has 0 aliphatic heterocycles. The van der Waals surface area contributed by atoms with Gasteiger partial charge in [0.15, 0.2) is 0 Å². The molecule has 4 nitrogen and oxygen atoms in total. The number of nitrogens with zero attached hydrogens (tertiary/aromatic N) is 1. The van der Waals surface area contributed by atoms with Crippen molar-refractivity contribution in [3.8, 4) is 0 Å². The number of sulfonamides is 1. The number of benzene rings is 2. The van der Waals surface area contributed by atoms with Crippen molar-refractivity contribution in [3.05, 3.63) is 65.7 Å². The van der Waals surface area contributed by atoms with E-state index < -0.39 is 22.2 Å². The van der Waals surface area contributed by atoms with Gasteiger partial charge in [0.25, 0.3) is 0 Å². The first-order valence-corrected chi connectivity index (χ1v) is 8.56. The van der Waals surface area contributed by atoms with Crippen molar-refractivity contribution in [1.82, 2.24) is 4.31 Å². The summed E-state index contributed by atoms with van der Waals surface area (Å²) >= 11 is 0. The molecule has 0 unspecified atom stereocenters. The molecular weight excluding hydrogens is 298 g/mol. The molecule has 2 atom stereocenters. The Morgan fingerprint density at radius 2 is 1.55 bits per heavy atom. The number of rotatable bonds is 5. The van der Waals surface area contributed by atoms with Crippen molar-refractivity contribution in [2.45, 2.75) is 30.9 Å². The van der Waals surface area contributed by atoms with Gasteiger partial charge < -0.3 is 5.11 Å². The van der Waals surface area contributed by atoms with Crippen LogP contribution in [0.15, 0.2) is 59.5 Å². The third-order valence-electron chi connectivity index (χ3n) is 3.87. The van der Waals surface area contributed by atoms with E-state index in [9.17, 15) is 13.5 Å². The van der Waals surface area contributed by atoms with Gasteiger partial charge >= 0.3 is 0 Å². The highest BCUT2D eigenvalue weighted by atomic mass is 32.2. The van der Waals surface area contributed by atoms with E-state index in [2.05, 4.69) is 0 Å². The van der Waals surface area contributed by atoms with Gasteiger partial charge in [-0.3, -0.25) is 0 Å². The summed E-state index contributed by atoms with van der Waals surface area (Å²) in [6.07, 6.45) is -0.883. The van der Waals surface area contributed by atoms with Crippen molar-refractivity contribution in [2.75, 3.05) is 7.05 Å². The van der Waals surface area contributed by atoms with E-state index in [0.29, 0.717) is 5.56 Å². The molecule has 0 bridgehead atoms. The molecule has 0 heterocycles. The number of likely N-dealkylation sites (N-methyl/N-ethyl adjacent to an activating group) is 1. The van der Waals surface area contributed by atoms with Gasteiger partial charge in [-0.1, -0.05) is 48.0 Å². The normalized spacial score (nSPS) is 14.8. The van der Waals surface area contributed by atoms with Gasteiger partial charge in [-0.2, -0.15) is 4.31 Å². The van der Waals surface area contributed by atoms with Crippen LogP contribution in [0.4, 0.5) is 0 Å². The highest BCUT2D eigenvalue weighted by molar-refractivity contribution is 7.89. The molecule has 5 heteroatoms. The van der Waals surface area contributed by atoms with E-state index in [1.165, 1.54) is 11.4 Å². The molecule has 2 aromatic rings. The van der Waals surface area contributed by atoms with Crippen LogP contribution in [0.2, 0.25) is 0 Å². The van der Waals surface area contributed by atoms with Crippen LogP contribution in [0.25, 0.3) is 0 Å². The summed E-state index contributed by atoms with van der Waals surface area (Å²) in [5.41, 5.74) is 1.69. The Kier molecular flexibility index (Phi) is 5.01. The first kappa shape index (κ1) is 16.7. The molecule has 0 radical (unpaired) electrons. The molecule has 22 heavy (non-hydrogen) atoms. The summed E-state index contributed by atoms with van der Waals surface area (Å²) in [6, 6.07) is 15.2. The molecule has 0 amide bonds. The van der Waals surface area contributed by atoms with Crippen LogP contribution in [0.1, 0.15) is 24.2 Å². The zero-order chi connectivity index (χ0) is 16.3. The topological polar surface area (TPSA) is 57.6 Å². The summed E-state index contributed by atoms with van der Waals surface area (Å²) < 4.78 is 26.5. The Balaban J connectivity index is 2.26. The minimum Gasteiger partial charge on any atom is -0.387 e. The Morgan fingerprint density at radius 1 is 1.00 bits per heavy atom. The third kappa shape index (κ3) is 3.38. The second-order valence-electron chi connectivity index (χ2n) is 5.43. The fraction of sp³-hybridized carbons (Fsp3) is 0.294. The number of aryl methyl sites for hydroxylation is 1. The Hall–Kier alpha value is -1.69. The predicted octanol–water partition coefficient (Wildman–Crippen LogP) is 2.74. The fourth-order valence-corrected chi connectivity index (χ4v) is 3.59. The van der Waals surface area contributed by atoms with Crippen molar-refractivity contribution in [2.24, 2.45) is 0 Å².